The average molecular weight is 269 g/mol. The fraction of sp³-hybridized carbons (Fsp3) is 0.583. The van der Waals surface area contributed by atoms with E-state index in [1.54, 1.807) is 6.20 Å². The topological polar surface area (TPSA) is 81.2 Å². The molecule has 0 spiro atoms. The molecule has 1 unspecified atom stereocenters. The second-order valence-electron chi connectivity index (χ2n) is 4.42. The minimum Gasteiger partial charge on any atom is -0.444 e. The predicted octanol–water partition coefficient (Wildman–Crippen LogP) is 1.41. The van der Waals surface area contributed by atoms with Crippen molar-refractivity contribution in [2.75, 3.05) is 0 Å². The van der Waals surface area contributed by atoms with Gasteiger partial charge < -0.3 is 15.5 Å². The molecule has 6 heteroatoms. The number of rotatable bonds is 6. The van der Waals surface area contributed by atoms with Gasteiger partial charge in [-0.15, -0.1) is 0 Å². The first-order valence-electron chi connectivity index (χ1n) is 5.96. The van der Waals surface area contributed by atoms with Gasteiger partial charge in [0.05, 0.1) is 23.6 Å². The molecule has 3 N–H and O–H groups in total. The van der Waals surface area contributed by atoms with Gasteiger partial charge >= 0.3 is 0 Å². The maximum atomic E-state index is 11.9. The van der Waals surface area contributed by atoms with Crippen LogP contribution in [0.15, 0.2) is 10.6 Å². The van der Waals surface area contributed by atoms with E-state index in [2.05, 4.69) is 10.3 Å². The minimum atomic E-state index is -0.458. The molecule has 100 valence electrons. The van der Waals surface area contributed by atoms with Crippen LogP contribution in [0.25, 0.3) is 0 Å². The second kappa shape index (κ2) is 6.49. The Morgan fingerprint density at radius 2 is 2.28 bits per heavy atom. The van der Waals surface area contributed by atoms with Gasteiger partial charge in [0.25, 0.3) is 0 Å². The molecule has 1 atom stereocenters. The number of nitrogens with one attached hydrogen (secondary N) is 1. The number of thiocarbonyl (C=S) groups is 1. The molecule has 0 aliphatic rings. The fourth-order valence-corrected chi connectivity index (χ4v) is 2.01. The van der Waals surface area contributed by atoms with E-state index in [0.717, 1.165) is 12.2 Å². The Hall–Kier alpha value is -1.43. The summed E-state index contributed by atoms with van der Waals surface area (Å²) < 4.78 is 5.39. The lowest BCUT2D eigenvalue weighted by molar-refractivity contribution is -0.124. The molecule has 0 aromatic carbocycles. The zero-order valence-corrected chi connectivity index (χ0v) is 11.7. The van der Waals surface area contributed by atoms with Crippen molar-refractivity contribution in [2.45, 2.75) is 33.7 Å². The summed E-state index contributed by atoms with van der Waals surface area (Å²) in [5, 5.41) is 2.74. The van der Waals surface area contributed by atoms with Crippen molar-refractivity contribution >= 4 is 23.1 Å². The third-order valence-corrected chi connectivity index (χ3v) is 2.87. The number of aromatic nitrogens is 1. The average Bonchev–Trinajstić information content (AvgIpc) is 2.73. The van der Waals surface area contributed by atoms with Gasteiger partial charge in [0.2, 0.25) is 11.8 Å². The molecule has 0 fully saturated rings. The Morgan fingerprint density at radius 1 is 1.61 bits per heavy atom. The highest BCUT2D eigenvalue weighted by molar-refractivity contribution is 7.80. The van der Waals surface area contributed by atoms with Gasteiger partial charge in [-0.3, -0.25) is 4.79 Å². The SMILES string of the molecule is CCc1cnc(CNC(=O)C(C(N)=S)C(C)C)o1. The Kier molecular flexibility index (Phi) is 5.27. The third kappa shape index (κ3) is 3.80. The zero-order chi connectivity index (χ0) is 13.7. The molecule has 1 aromatic rings. The molecule has 1 rings (SSSR count). The van der Waals surface area contributed by atoms with Gasteiger partial charge in [0, 0.05) is 6.42 Å². The molecular formula is C12H19N3O2S. The van der Waals surface area contributed by atoms with Gasteiger partial charge in [-0.2, -0.15) is 0 Å². The summed E-state index contributed by atoms with van der Waals surface area (Å²) in [5.74, 6) is 0.715. The van der Waals surface area contributed by atoms with Crippen molar-refractivity contribution in [1.29, 1.82) is 0 Å². The first-order chi connectivity index (χ1) is 8.45. The molecule has 1 amide bonds. The van der Waals surface area contributed by atoms with Crippen molar-refractivity contribution in [1.82, 2.24) is 10.3 Å². The number of amides is 1. The third-order valence-electron chi connectivity index (χ3n) is 2.62. The van der Waals surface area contributed by atoms with E-state index in [4.69, 9.17) is 22.4 Å². The maximum Gasteiger partial charge on any atom is 0.230 e. The Morgan fingerprint density at radius 3 is 2.72 bits per heavy atom. The summed E-state index contributed by atoms with van der Waals surface area (Å²) in [6.45, 7) is 6.04. The monoisotopic (exact) mass is 269 g/mol. The minimum absolute atomic E-state index is 0.0678. The van der Waals surface area contributed by atoms with Crippen LogP contribution in [-0.2, 0) is 17.8 Å². The highest BCUT2D eigenvalue weighted by Gasteiger charge is 2.24. The van der Waals surface area contributed by atoms with E-state index in [0.29, 0.717) is 5.89 Å². The van der Waals surface area contributed by atoms with Crippen LogP contribution in [0.3, 0.4) is 0 Å². The van der Waals surface area contributed by atoms with E-state index < -0.39 is 5.92 Å². The Bertz CT molecular complexity index is 429. The molecule has 1 aromatic heterocycles. The number of nitrogens with two attached hydrogens (primary N) is 1. The van der Waals surface area contributed by atoms with Crippen molar-refractivity contribution < 1.29 is 9.21 Å². The molecular weight excluding hydrogens is 250 g/mol. The summed E-state index contributed by atoms with van der Waals surface area (Å²) in [5.41, 5.74) is 5.56. The number of oxazole rings is 1. The normalized spacial score (nSPS) is 12.4. The van der Waals surface area contributed by atoms with Crippen LogP contribution in [0, 0.1) is 11.8 Å². The van der Waals surface area contributed by atoms with Crippen LogP contribution in [-0.4, -0.2) is 15.9 Å². The van der Waals surface area contributed by atoms with Gasteiger partial charge in [-0.25, -0.2) is 4.98 Å². The zero-order valence-electron chi connectivity index (χ0n) is 10.9. The molecule has 1 heterocycles. The van der Waals surface area contributed by atoms with E-state index >= 15 is 0 Å². The first-order valence-corrected chi connectivity index (χ1v) is 6.37. The van der Waals surface area contributed by atoms with Crippen LogP contribution in [0.4, 0.5) is 0 Å². The van der Waals surface area contributed by atoms with Crippen molar-refractivity contribution in [2.24, 2.45) is 17.6 Å². The van der Waals surface area contributed by atoms with Crippen LogP contribution in [0.2, 0.25) is 0 Å². The highest BCUT2D eigenvalue weighted by Crippen LogP contribution is 2.12. The standard InChI is InChI=1S/C12H19N3O2S/c1-4-8-5-14-9(17-8)6-15-12(16)10(7(2)3)11(13)18/h5,7,10H,4,6H2,1-3H3,(H2,13,18)(H,15,16). The predicted molar refractivity (Wildman–Crippen MR) is 72.8 cm³/mol. The number of carbonyl (C=O) groups is 1. The molecule has 5 nitrogen and oxygen atoms in total. The highest BCUT2D eigenvalue weighted by atomic mass is 32.1. The molecule has 0 aliphatic heterocycles. The maximum absolute atomic E-state index is 11.9. The number of hydrogen-bond donors (Lipinski definition) is 2. The lowest BCUT2D eigenvalue weighted by Gasteiger charge is -2.18. The van der Waals surface area contributed by atoms with E-state index in [-0.39, 0.29) is 23.4 Å². The number of nitrogens with zero attached hydrogens (tertiary/aromatic N) is 1. The number of carbonyl (C=O) groups excluding carboxylic acids is 1. The van der Waals surface area contributed by atoms with Gasteiger partial charge in [0.1, 0.15) is 5.76 Å². The van der Waals surface area contributed by atoms with Gasteiger partial charge in [0.15, 0.2) is 0 Å². The van der Waals surface area contributed by atoms with Crippen molar-refractivity contribution in [3.63, 3.8) is 0 Å². The van der Waals surface area contributed by atoms with Crippen LogP contribution in [0.5, 0.6) is 0 Å². The Labute approximate surface area is 112 Å². The lowest BCUT2D eigenvalue weighted by atomic mass is 9.95. The van der Waals surface area contributed by atoms with E-state index in [1.165, 1.54) is 0 Å². The smallest absolute Gasteiger partial charge is 0.230 e. The molecule has 0 aliphatic carbocycles. The first kappa shape index (κ1) is 14.6. The summed E-state index contributed by atoms with van der Waals surface area (Å²) in [4.78, 5) is 16.2. The van der Waals surface area contributed by atoms with Crippen LogP contribution < -0.4 is 11.1 Å². The van der Waals surface area contributed by atoms with Crippen LogP contribution in [0.1, 0.15) is 32.4 Å². The van der Waals surface area contributed by atoms with Crippen molar-refractivity contribution in [3.8, 4) is 0 Å². The van der Waals surface area contributed by atoms with Crippen LogP contribution >= 0.6 is 12.2 Å². The van der Waals surface area contributed by atoms with E-state index in [1.807, 2.05) is 20.8 Å². The van der Waals surface area contributed by atoms with E-state index in [9.17, 15) is 4.79 Å². The molecule has 0 saturated carbocycles. The molecule has 0 radical (unpaired) electrons. The van der Waals surface area contributed by atoms with Gasteiger partial charge in [-0.1, -0.05) is 33.0 Å². The molecule has 0 bridgehead atoms. The number of aryl methyl sites for hydroxylation is 1. The second-order valence-corrected chi connectivity index (χ2v) is 4.89. The lowest BCUT2D eigenvalue weighted by Crippen LogP contribution is -2.40. The van der Waals surface area contributed by atoms with Crippen molar-refractivity contribution in [3.05, 3.63) is 17.8 Å². The summed E-state index contributed by atoms with van der Waals surface area (Å²) in [6.07, 6.45) is 2.44. The summed E-state index contributed by atoms with van der Waals surface area (Å²) in [7, 11) is 0. The summed E-state index contributed by atoms with van der Waals surface area (Å²) >= 11 is 4.90. The number of hydrogen-bond acceptors (Lipinski definition) is 4. The largest absolute Gasteiger partial charge is 0.444 e. The summed E-state index contributed by atoms with van der Waals surface area (Å²) in [6, 6.07) is 0. The fourth-order valence-electron chi connectivity index (χ4n) is 1.63. The molecule has 0 saturated heterocycles. The quantitative estimate of drug-likeness (QED) is 0.763. The Balaban J connectivity index is 2.56. The van der Waals surface area contributed by atoms with Gasteiger partial charge in [-0.05, 0) is 5.92 Å². The molecule has 18 heavy (non-hydrogen) atoms.